The first-order valence-corrected chi connectivity index (χ1v) is 4.87. The Morgan fingerprint density at radius 2 is 1.69 bits per heavy atom. The minimum Gasteiger partial charge on any atom is -0.290 e. The predicted molar refractivity (Wildman–Crippen MR) is 71.1 cm³/mol. The second kappa shape index (κ2) is 9.41. The third kappa shape index (κ3) is 7.27. The van der Waals surface area contributed by atoms with E-state index in [1.165, 1.54) is 17.7 Å². The van der Waals surface area contributed by atoms with Gasteiger partial charge in [0.1, 0.15) is 0 Å². The average molecular weight is 212 g/mol. The lowest BCUT2D eigenvalue weighted by Crippen LogP contribution is -1.80. The highest BCUT2D eigenvalue weighted by Gasteiger charge is 1.79. The monoisotopic (exact) mass is 212 g/mol. The van der Waals surface area contributed by atoms with Crippen molar-refractivity contribution < 1.29 is 4.79 Å². The summed E-state index contributed by atoms with van der Waals surface area (Å²) >= 11 is 0. The largest absolute Gasteiger partial charge is 0.290 e. The molecule has 0 saturated carbocycles. The molecule has 0 atom stereocenters. The zero-order valence-electron chi connectivity index (χ0n) is 9.30. The molecular formula is C15H16O. The van der Waals surface area contributed by atoms with Crippen molar-refractivity contribution in [1.82, 2.24) is 0 Å². The Bertz CT molecular complexity index is 372. The Hall–Kier alpha value is -2.15. The Morgan fingerprint density at radius 1 is 1.06 bits per heavy atom. The molecular weight excluding hydrogens is 196 g/mol. The van der Waals surface area contributed by atoms with Crippen LogP contribution in [0.5, 0.6) is 0 Å². The summed E-state index contributed by atoms with van der Waals surface area (Å²) in [6.45, 7) is 10.3. The van der Waals surface area contributed by atoms with Gasteiger partial charge in [-0.1, -0.05) is 68.3 Å². The number of ketones is 1. The van der Waals surface area contributed by atoms with Crippen LogP contribution in [0.1, 0.15) is 5.56 Å². The van der Waals surface area contributed by atoms with E-state index >= 15 is 0 Å². The number of rotatable bonds is 4. The van der Waals surface area contributed by atoms with Gasteiger partial charge in [0.2, 0.25) is 0 Å². The van der Waals surface area contributed by atoms with Gasteiger partial charge in [0.05, 0.1) is 0 Å². The summed E-state index contributed by atoms with van der Waals surface area (Å²) in [5.41, 5.74) is 1.17. The summed E-state index contributed by atoms with van der Waals surface area (Å²) in [6.07, 6.45) is 7.60. The van der Waals surface area contributed by atoms with Crippen LogP contribution in [0.3, 0.4) is 0 Å². The first-order chi connectivity index (χ1) is 7.74. The minimum atomic E-state index is -0.0927. The smallest absolute Gasteiger partial charge is 0.178 e. The fourth-order valence-corrected chi connectivity index (χ4v) is 0.820. The third-order valence-electron chi connectivity index (χ3n) is 1.63. The number of hydrogen-bond acceptors (Lipinski definition) is 1. The van der Waals surface area contributed by atoms with E-state index in [9.17, 15) is 4.79 Å². The molecule has 0 amide bonds. The molecule has 0 heterocycles. The van der Waals surface area contributed by atoms with Gasteiger partial charge in [-0.15, -0.1) is 0 Å². The third-order valence-corrected chi connectivity index (χ3v) is 1.63. The van der Waals surface area contributed by atoms with E-state index in [1.54, 1.807) is 12.2 Å². The molecule has 1 aromatic carbocycles. The molecule has 0 saturated heterocycles. The highest BCUT2D eigenvalue weighted by molar-refractivity contribution is 5.98. The summed E-state index contributed by atoms with van der Waals surface area (Å²) in [7, 11) is 0. The molecule has 0 aliphatic carbocycles. The molecule has 0 N–H and O–H groups in total. The molecule has 0 bridgehead atoms. The first kappa shape index (κ1) is 13.8. The van der Waals surface area contributed by atoms with Gasteiger partial charge in [-0.25, -0.2) is 0 Å². The van der Waals surface area contributed by atoms with Crippen molar-refractivity contribution in [3.8, 4) is 0 Å². The minimum absolute atomic E-state index is 0.0927. The van der Waals surface area contributed by atoms with Crippen molar-refractivity contribution in [2.24, 2.45) is 0 Å². The summed E-state index contributed by atoms with van der Waals surface area (Å²) in [4.78, 5) is 10.3. The maximum absolute atomic E-state index is 10.3. The second-order valence-corrected chi connectivity index (χ2v) is 2.82. The molecule has 16 heavy (non-hydrogen) atoms. The molecule has 0 unspecified atom stereocenters. The molecule has 0 spiro atoms. The van der Waals surface area contributed by atoms with E-state index in [0.29, 0.717) is 0 Å². The molecule has 0 aliphatic rings. The number of allylic oxidation sites excluding steroid dienone is 4. The van der Waals surface area contributed by atoms with E-state index in [-0.39, 0.29) is 5.78 Å². The highest BCUT2D eigenvalue weighted by atomic mass is 16.1. The molecule has 1 heteroatoms. The number of benzene rings is 1. The predicted octanol–water partition coefficient (Wildman–Crippen LogP) is 3.81. The number of hydrogen-bond donors (Lipinski definition) is 0. The average Bonchev–Trinajstić information content (AvgIpc) is 2.37. The first-order valence-electron chi connectivity index (χ1n) is 4.87. The molecule has 1 nitrogen and oxygen atoms in total. The van der Waals surface area contributed by atoms with Crippen molar-refractivity contribution in [3.05, 3.63) is 79.9 Å². The number of carbonyl (C=O) groups is 1. The standard InChI is InChI=1S/C8H8.C7H8O/c1-2-8-6-4-3-5-7-8;1-3-5-6-7(8)4-2/h2-7H,1H2;3-6H,1-2H2. The van der Waals surface area contributed by atoms with Gasteiger partial charge in [-0.2, -0.15) is 0 Å². The van der Waals surface area contributed by atoms with Crippen LogP contribution < -0.4 is 0 Å². The van der Waals surface area contributed by atoms with Crippen molar-refractivity contribution in [2.75, 3.05) is 0 Å². The molecule has 82 valence electrons. The molecule has 1 rings (SSSR count). The molecule has 0 aromatic heterocycles. The quantitative estimate of drug-likeness (QED) is 0.548. The van der Waals surface area contributed by atoms with Crippen LogP contribution in [0, 0.1) is 0 Å². The fourth-order valence-electron chi connectivity index (χ4n) is 0.820. The van der Waals surface area contributed by atoms with Crippen molar-refractivity contribution >= 4 is 11.9 Å². The Kier molecular flexibility index (Phi) is 8.14. The van der Waals surface area contributed by atoms with Crippen molar-refractivity contribution in [3.63, 3.8) is 0 Å². The topological polar surface area (TPSA) is 17.1 Å². The Labute approximate surface area is 97.1 Å². The van der Waals surface area contributed by atoms with E-state index < -0.39 is 0 Å². The van der Waals surface area contributed by atoms with Crippen LogP contribution in [0.15, 0.2) is 74.4 Å². The number of carbonyl (C=O) groups excluding carboxylic acids is 1. The Morgan fingerprint density at radius 3 is 2.06 bits per heavy atom. The van der Waals surface area contributed by atoms with Gasteiger partial charge in [-0.05, 0) is 17.7 Å². The molecule has 0 radical (unpaired) electrons. The normalized spacial score (nSPS) is 8.75. The van der Waals surface area contributed by atoms with Crippen molar-refractivity contribution in [2.45, 2.75) is 0 Å². The second-order valence-electron chi connectivity index (χ2n) is 2.82. The summed E-state index contributed by atoms with van der Waals surface area (Å²) in [5.74, 6) is -0.0927. The van der Waals surface area contributed by atoms with Gasteiger partial charge >= 0.3 is 0 Å². The van der Waals surface area contributed by atoms with E-state index in [2.05, 4.69) is 19.7 Å². The zero-order chi connectivity index (χ0) is 12.2. The van der Waals surface area contributed by atoms with Crippen molar-refractivity contribution in [1.29, 1.82) is 0 Å². The SMILES string of the molecule is C=CC=CC(=O)C=C.C=Cc1ccccc1. The van der Waals surface area contributed by atoms with Crippen LogP contribution in [-0.2, 0) is 4.79 Å². The lowest BCUT2D eigenvalue weighted by Gasteiger charge is -1.85. The van der Waals surface area contributed by atoms with Gasteiger partial charge in [0, 0.05) is 0 Å². The van der Waals surface area contributed by atoms with Crippen LogP contribution in [0.4, 0.5) is 0 Å². The summed E-state index contributed by atoms with van der Waals surface area (Å²) < 4.78 is 0. The van der Waals surface area contributed by atoms with Gasteiger partial charge < -0.3 is 0 Å². The van der Waals surface area contributed by atoms with Gasteiger partial charge in [0.15, 0.2) is 5.78 Å². The van der Waals surface area contributed by atoms with Crippen LogP contribution in [-0.4, -0.2) is 5.78 Å². The van der Waals surface area contributed by atoms with E-state index in [4.69, 9.17) is 0 Å². The summed E-state index contributed by atoms with van der Waals surface area (Å²) in [6, 6.07) is 10.0. The maximum atomic E-state index is 10.3. The van der Waals surface area contributed by atoms with Gasteiger partial charge in [0.25, 0.3) is 0 Å². The Balaban J connectivity index is 0.000000281. The highest BCUT2D eigenvalue weighted by Crippen LogP contribution is 1.97. The van der Waals surface area contributed by atoms with Crippen LogP contribution in [0.2, 0.25) is 0 Å². The summed E-state index contributed by atoms with van der Waals surface area (Å²) in [5, 5.41) is 0. The zero-order valence-corrected chi connectivity index (χ0v) is 9.30. The van der Waals surface area contributed by atoms with E-state index in [0.717, 1.165) is 0 Å². The molecule has 0 fully saturated rings. The van der Waals surface area contributed by atoms with Gasteiger partial charge in [-0.3, -0.25) is 4.79 Å². The lowest BCUT2D eigenvalue weighted by molar-refractivity contribution is -0.110. The fraction of sp³-hybridized carbons (Fsp3) is 0. The molecule has 1 aromatic rings. The van der Waals surface area contributed by atoms with Crippen LogP contribution in [0.25, 0.3) is 6.08 Å². The molecule has 0 aliphatic heterocycles. The maximum Gasteiger partial charge on any atom is 0.178 e. The lowest BCUT2D eigenvalue weighted by atomic mass is 10.2. The van der Waals surface area contributed by atoms with Crippen LogP contribution >= 0.6 is 0 Å². The van der Waals surface area contributed by atoms with E-state index in [1.807, 2.05) is 36.4 Å².